The van der Waals surface area contributed by atoms with Gasteiger partial charge in [-0.2, -0.15) is 0 Å². The minimum absolute atomic E-state index is 0.217. The van der Waals surface area contributed by atoms with Crippen molar-refractivity contribution < 1.29 is 9.53 Å². The molecule has 0 unspecified atom stereocenters. The van der Waals surface area contributed by atoms with Gasteiger partial charge in [0.1, 0.15) is 11.5 Å². The summed E-state index contributed by atoms with van der Waals surface area (Å²) in [6.07, 6.45) is 0. The molecule has 0 aliphatic carbocycles. The van der Waals surface area contributed by atoms with Crippen LogP contribution in [0.1, 0.15) is 10.4 Å². The molecule has 0 heterocycles. The van der Waals surface area contributed by atoms with Gasteiger partial charge >= 0.3 is 0 Å². The lowest BCUT2D eigenvalue weighted by Crippen LogP contribution is -2.12. The van der Waals surface area contributed by atoms with Crippen molar-refractivity contribution in [1.82, 2.24) is 0 Å². The van der Waals surface area contributed by atoms with E-state index in [1.54, 1.807) is 18.2 Å². The molecule has 4 rings (SSSR count). The van der Waals surface area contributed by atoms with Crippen LogP contribution in [0.2, 0.25) is 0 Å². The lowest BCUT2D eigenvalue weighted by molar-refractivity contribution is 0.102. The van der Waals surface area contributed by atoms with Crippen LogP contribution in [-0.2, 0) is 0 Å². The van der Waals surface area contributed by atoms with Gasteiger partial charge in [0.05, 0.1) is 5.69 Å². The van der Waals surface area contributed by atoms with Gasteiger partial charge in [-0.05, 0) is 53.2 Å². The molecule has 0 saturated heterocycles. The van der Waals surface area contributed by atoms with Crippen molar-refractivity contribution in [1.29, 1.82) is 0 Å². The van der Waals surface area contributed by atoms with E-state index in [2.05, 4.69) is 5.32 Å². The lowest BCUT2D eigenvalue weighted by atomic mass is 10.1. The first-order chi connectivity index (χ1) is 13.2. The van der Waals surface area contributed by atoms with Crippen LogP contribution in [0.4, 0.5) is 11.4 Å². The Balaban J connectivity index is 1.53. The zero-order valence-electron chi connectivity index (χ0n) is 14.6. The number of ether oxygens (including phenoxy) is 1. The molecule has 132 valence electrons. The second-order valence-corrected chi connectivity index (χ2v) is 6.18. The van der Waals surface area contributed by atoms with Crippen LogP contribution in [0.15, 0.2) is 91.0 Å². The number of hydrogen-bond acceptors (Lipinski definition) is 3. The predicted molar refractivity (Wildman–Crippen MR) is 109 cm³/mol. The molecule has 27 heavy (non-hydrogen) atoms. The largest absolute Gasteiger partial charge is 0.455 e. The highest BCUT2D eigenvalue weighted by Gasteiger charge is 2.10. The van der Waals surface area contributed by atoms with Crippen LogP contribution in [0.25, 0.3) is 10.8 Å². The molecule has 0 radical (unpaired) electrons. The van der Waals surface area contributed by atoms with Gasteiger partial charge in [0.2, 0.25) is 0 Å². The average molecular weight is 354 g/mol. The SMILES string of the molecule is Nc1cc(C(=O)Nc2ccccc2)ccc1Oc1ccc2ccccc2c1. The number of nitrogen functional groups attached to an aromatic ring is 1. The molecule has 0 bridgehead atoms. The van der Waals surface area contributed by atoms with E-state index in [4.69, 9.17) is 10.5 Å². The molecule has 0 atom stereocenters. The molecule has 0 aliphatic rings. The fourth-order valence-electron chi connectivity index (χ4n) is 2.87. The van der Waals surface area contributed by atoms with Crippen molar-refractivity contribution >= 4 is 28.1 Å². The highest BCUT2D eigenvalue weighted by molar-refractivity contribution is 6.05. The Hall–Kier alpha value is -3.79. The fourth-order valence-corrected chi connectivity index (χ4v) is 2.87. The van der Waals surface area contributed by atoms with E-state index >= 15 is 0 Å². The third-order valence-electron chi connectivity index (χ3n) is 4.25. The Kier molecular flexibility index (Phi) is 4.45. The summed E-state index contributed by atoms with van der Waals surface area (Å²) in [6, 6.07) is 28.3. The van der Waals surface area contributed by atoms with Crippen LogP contribution in [0, 0.1) is 0 Å². The summed E-state index contributed by atoms with van der Waals surface area (Å²) in [7, 11) is 0. The third kappa shape index (κ3) is 3.75. The maximum atomic E-state index is 12.4. The Morgan fingerprint density at radius 3 is 2.30 bits per heavy atom. The van der Waals surface area contributed by atoms with E-state index < -0.39 is 0 Å². The summed E-state index contributed by atoms with van der Waals surface area (Å²) in [5.74, 6) is 0.994. The molecule has 0 fully saturated rings. The van der Waals surface area contributed by atoms with Gasteiger partial charge in [0.15, 0.2) is 0 Å². The maximum Gasteiger partial charge on any atom is 0.255 e. The molecule has 4 aromatic rings. The molecule has 1 amide bonds. The van der Waals surface area contributed by atoms with Crippen LogP contribution < -0.4 is 15.8 Å². The molecule has 0 spiro atoms. The van der Waals surface area contributed by atoms with Gasteiger partial charge in [-0.15, -0.1) is 0 Å². The standard InChI is InChI=1S/C23H18N2O2/c24-21-15-18(23(26)25-19-8-2-1-3-9-19)11-13-22(21)27-20-12-10-16-6-4-5-7-17(16)14-20/h1-15H,24H2,(H,25,26). The van der Waals surface area contributed by atoms with E-state index in [9.17, 15) is 4.79 Å². The summed E-state index contributed by atoms with van der Waals surface area (Å²) < 4.78 is 5.91. The smallest absolute Gasteiger partial charge is 0.255 e. The number of carbonyl (C=O) groups excluding carboxylic acids is 1. The molecule has 4 nitrogen and oxygen atoms in total. The Morgan fingerprint density at radius 1 is 0.778 bits per heavy atom. The van der Waals surface area contributed by atoms with E-state index in [1.807, 2.05) is 72.8 Å². The average Bonchev–Trinajstić information content (AvgIpc) is 2.70. The minimum atomic E-state index is -0.217. The number of hydrogen-bond donors (Lipinski definition) is 2. The third-order valence-corrected chi connectivity index (χ3v) is 4.25. The summed E-state index contributed by atoms with van der Waals surface area (Å²) in [5.41, 5.74) is 7.72. The number of fused-ring (bicyclic) bond motifs is 1. The maximum absolute atomic E-state index is 12.4. The first-order valence-corrected chi connectivity index (χ1v) is 8.62. The van der Waals surface area contributed by atoms with Gasteiger partial charge in [0.25, 0.3) is 5.91 Å². The number of nitrogens with one attached hydrogen (secondary N) is 1. The lowest BCUT2D eigenvalue weighted by Gasteiger charge is -2.11. The van der Waals surface area contributed by atoms with E-state index in [0.29, 0.717) is 22.7 Å². The number of para-hydroxylation sites is 1. The first kappa shape index (κ1) is 16.7. The van der Waals surface area contributed by atoms with E-state index in [-0.39, 0.29) is 5.91 Å². The molecule has 3 N–H and O–H groups in total. The molecule has 0 aromatic heterocycles. The molecule has 0 aliphatic heterocycles. The van der Waals surface area contributed by atoms with E-state index in [0.717, 1.165) is 16.5 Å². The second-order valence-electron chi connectivity index (χ2n) is 6.18. The molecule has 4 aromatic carbocycles. The van der Waals surface area contributed by atoms with Crippen molar-refractivity contribution in [3.8, 4) is 11.5 Å². The van der Waals surface area contributed by atoms with Gasteiger partial charge in [0, 0.05) is 11.3 Å². The zero-order chi connectivity index (χ0) is 18.6. The van der Waals surface area contributed by atoms with Crippen LogP contribution in [0.3, 0.4) is 0 Å². The monoisotopic (exact) mass is 354 g/mol. The Morgan fingerprint density at radius 2 is 1.52 bits per heavy atom. The number of nitrogens with two attached hydrogens (primary N) is 1. The van der Waals surface area contributed by atoms with Crippen LogP contribution >= 0.6 is 0 Å². The molecule has 0 saturated carbocycles. The van der Waals surface area contributed by atoms with Crippen molar-refractivity contribution in [2.45, 2.75) is 0 Å². The van der Waals surface area contributed by atoms with Gasteiger partial charge < -0.3 is 15.8 Å². The summed E-state index contributed by atoms with van der Waals surface area (Å²) in [5, 5.41) is 5.07. The number of carbonyl (C=O) groups is 1. The zero-order valence-corrected chi connectivity index (χ0v) is 14.6. The Labute approximate surface area is 157 Å². The number of anilines is 2. The summed E-state index contributed by atoms with van der Waals surface area (Å²) >= 11 is 0. The second kappa shape index (κ2) is 7.22. The number of benzene rings is 4. The van der Waals surface area contributed by atoms with E-state index in [1.165, 1.54) is 0 Å². The first-order valence-electron chi connectivity index (χ1n) is 8.62. The highest BCUT2D eigenvalue weighted by Crippen LogP contribution is 2.30. The Bertz CT molecular complexity index is 1110. The normalized spacial score (nSPS) is 10.5. The van der Waals surface area contributed by atoms with Gasteiger partial charge in [-0.3, -0.25) is 4.79 Å². The summed E-state index contributed by atoms with van der Waals surface area (Å²) in [4.78, 5) is 12.4. The molecule has 4 heteroatoms. The molecular weight excluding hydrogens is 336 g/mol. The van der Waals surface area contributed by atoms with Gasteiger partial charge in [-0.25, -0.2) is 0 Å². The van der Waals surface area contributed by atoms with Crippen LogP contribution in [-0.4, -0.2) is 5.91 Å². The van der Waals surface area contributed by atoms with Crippen molar-refractivity contribution in [2.24, 2.45) is 0 Å². The quantitative estimate of drug-likeness (QED) is 0.478. The van der Waals surface area contributed by atoms with Crippen LogP contribution in [0.5, 0.6) is 11.5 Å². The summed E-state index contributed by atoms with van der Waals surface area (Å²) in [6.45, 7) is 0. The van der Waals surface area contributed by atoms with Gasteiger partial charge in [-0.1, -0.05) is 48.5 Å². The van der Waals surface area contributed by atoms with Crippen molar-refractivity contribution in [3.05, 3.63) is 96.6 Å². The van der Waals surface area contributed by atoms with Crippen molar-refractivity contribution in [2.75, 3.05) is 11.1 Å². The predicted octanol–water partition coefficient (Wildman–Crippen LogP) is 5.47. The fraction of sp³-hybridized carbons (Fsp3) is 0. The number of rotatable bonds is 4. The topological polar surface area (TPSA) is 64.4 Å². The minimum Gasteiger partial charge on any atom is -0.455 e. The highest BCUT2D eigenvalue weighted by atomic mass is 16.5. The molecular formula is C23H18N2O2. The van der Waals surface area contributed by atoms with Crippen molar-refractivity contribution in [3.63, 3.8) is 0 Å². The number of amides is 1.